The Bertz CT molecular complexity index is 686. The van der Waals surface area contributed by atoms with Crippen LogP contribution in [0.25, 0.3) is 11.1 Å². The van der Waals surface area contributed by atoms with E-state index in [-0.39, 0.29) is 17.3 Å². The Hall–Kier alpha value is -2.96. The van der Waals surface area contributed by atoms with Gasteiger partial charge in [-0.1, -0.05) is 12.1 Å². The Labute approximate surface area is 118 Å². The number of nitrogens with zero attached hydrogens (tertiary/aromatic N) is 1. The quantitative estimate of drug-likeness (QED) is 0.790. The lowest BCUT2D eigenvalue weighted by Gasteiger charge is -2.06. The molecule has 0 saturated heterocycles. The number of pyridine rings is 1. The molecule has 0 unspecified atom stereocenters. The van der Waals surface area contributed by atoms with Crippen molar-refractivity contribution in [2.24, 2.45) is 0 Å². The number of benzene rings is 1. The van der Waals surface area contributed by atoms with Gasteiger partial charge in [-0.2, -0.15) is 0 Å². The second-order valence-corrected chi connectivity index (χ2v) is 4.18. The molecule has 7 heteroatoms. The lowest BCUT2D eigenvalue weighted by Crippen LogP contribution is -2.29. The number of aromatic hydroxyl groups is 1. The van der Waals surface area contributed by atoms with Crippen LogP contribution >= 0.6 is 0 Å². The van der Waals surface area contributed by atoms with Crippen LogP contribution in [0.3, 0.4) is 0 Å². The topological polar surface area (TPSA) is 99.5 Å². The lowest BCUT2D eigenvalue weighted by molar-refractivity contribution is -0.135. The van der Waals surface area contributed by atoms with Crippen LogP contribution in [0.15, 0.2) is 36.5 Å². The summed E-state index contributed by atoms with van der Waals surface area (Å²) >= 11 is 0. The van der Waals surface area contributed by atoms with Crippen molar-refractivity contribution >= 4 is 11.9 Å². The Balaban J connectivity index is 2.23. The molecule has 1 amide bonds. The molecule has 0 radical (unpaired) electrons. The number of carboxylic acids is 1. The maximum Gasteiger partial charge on any atom is 0.322 e. The number of carbonyl (C=O) groups excluding carboxylic acids is 1. The summed E-state index contributed by atoms with van der Waals surface area (Å²) in [5.74, 6) is -2.77. The van der Waals surface area contributed by atoms with Crippen LogP contribution in [0.1, 0.15) is 10.5 Å². The molecule has 0 aliphatic carbocycles. The summed E-state index contributed by atoms with van der Waals surface area (Å²) in [5.41, 5.74) is 0.848. The van der Waals surface area contributed by atoms with Crippen LogP contribution in [0, 0.1) is 5.82 Å². The highest BCUT2D eigenvalue weighted by Gasteiger charge is 2.14. The summed E-state index contributed by atoms with van der Waals surface area (Å²) in [6.07, 6.45) is 1.34. The molecule has 0 spiro atoms. The first-order valence-electron chi connectivity index (χ1n) is 5.92. The first-order valence-corrected chi connectivity index (χ1v) is 5.92. The van der Waals surface area contributed by atoms with Gasteiger partial charge in [-0.25, -0.2) is 9.37 Å². The molecule has 6 nitrogen and oxygen atoms in total. The van der Waals surface area contributed by atoms with Crippen molar-refractivity contribution in [1.29, 1.82) is 0 Å². The van der Waals surface area contributed by atoms with E-state index >= 15 is 0 Å². The van der Waals surface area contributed by atoms with Gasteiger partial charge in [0.25, 0.3) is 5.91 Å². The van der Waals surface area contributed by atoms with Crippen LogP contribution in [0.4, 0.5) is 4.39 Å². The second-order valence-electron chi connectivity index (χ2n) is 4.18. The van der Waals surface area contributed by atoms with Crippen molar-refractivity contribution in [3.8, 4) is 16.9 Å². The summed E-state index contributed by atoms with van der Waals surface area (Å²) in [5, 5.41) is 20.4. The summed E-state index contributed by atoms with van der Waals surface area (Å²) in [7, 11) is 0. The zero-order chi connectivity index (χ0) is 15.4. The first-order chi connectivity index (χ1) is 9.97. The second kappa shape index (κ2) is 6.00. The van der Waals surface area contributed by atoms with E-state index in [9.17, 15) is 19.1 Å². The van der Waals surface area contributed by atoms with Gasteiger partial charge in [0.15, 0.2) is 5.69 Å². The number of amides is 1. The molecule has 0 bridgehead atoms. The van der Waals surface area contributed by atoms with Crippen LogP contribution in [-0.4, -0.2) is 33.6 Å². The van der Waals surface area contributed by atoms with Gasteiger partial charge in [0.2, 0.25) is 0 Å². The fraction of sp³-hybridized carbons (Fsp3) is 0.0714. The molecule has 0 fully saturated rings. The molecule has 1 aromatic carbocycles. The molecule has 0 aliphatic rings. The zero-order valence-corrected chi connectivity index (χ0v) is 10.7. The molecule has 2 aromatic rings. The number of aliphatic carboxylic acids is 1. The first kappa shape index (κ1) is 14.4. The Morgan fingerprint density at radius 3 is 2.43 bits per heavy atom. The van der Waals surface area contributed by atoms with Crippen LogP contribution in [-0.2, 0) is 4.79 Å². The van der Waals surface area contributed by atoms with E-state index in [2.05, 4.69) is 10.3 Å². The highest BCUT2D eigenvalue weighted by Crippen LogP contribution is 2.24. The normalized spacial score (nSPS) is 10.1. The highest BCUT2D eigenvalue weighted by molar-refractivity contribution is 5.96. The summed E-state index contributed by atoms with van der Waals surface area (Å²) in [4.78, 5) is 25.8. The smallest absolute Gasteiger partial charge is 0.322 e. The van der Waals surface area contributed by atoms with Gasteiger partial charge in [0.1, 0.15) is 18.1 Å². The largest absolute Gasteiger partial charge is 0.505 e. The van der Waals surface area contributed by atoms with E-state index in [1.54, 1.807) is 0 Å². The third-order valence-electron chi connectivity index (χ3n) is 2.66. The highest BCUT2D eigenvalue weighted by atomic mass is 19.1. The molecular weight excluding hydrogens is 279 g/mol. The minimum atomic E-state index is -1.20. The van der Waals surface area contributed by atoms with E-state index in [4.69, 9.17) is 5.11 Å². The average Bonchev–Trinajstić information content (AvgIpc) is 2.45. The van der Waals surface area contributed by atoms with Crippen LogP contribution < -0.4 is 5.32 Å². The third kappa shape index (κ3) is 3.53. The van der Waals surface area contributed by atoms with Gasteiger partial charge in [-0.15, -0.1) is 0 Å². The van der Waals surface area contributed by atoms with E-state index in [1.807, 2.05) is 0 Å². The van der Waals surface area contributed by atoms with Crippen LogP contribution in [0.5, 0.6) is 5.75 Å². The fourth-order valence-corrected chi connectivity index (χ4v) is 1.67. The number of halogens is 1. The van der Waals surface area contributed by atoms with E-state index in [0.29, 0.717) is 11.1 Å². The molecule has 0 atom stereocenters. The number of hydrogen-bond donors (Lipinski definition) is 3. The van der Waals surface area contributed by atoms with Crippen molar-refractivity contribution in [1.82, 2.24) is 10.3 Å². The lowest BCUT2D eigenvalue weighted by atomic mass is 10.1. The minimum absolute atomic E-state index is 0.276. The Morgan fingerprint density at radius 1 is 1.19 bits per heavy atom. The third-order valence-corrected chi connectivity index (χ3v) is 2.66. The van der Waals surface area contributed by atoms with Gasteiger partial charge in [0, 0.05) is 11.8 Å². The van der Waals surface area contributed by atoms with E-state index in [1.165, 1.54) is 36.5 Å². The van der Waals surface area contributed by atoms with Crippen molar-refractivity contribution in [2.75, 3.05) is 6.54 Å². The Kier molecular flexibility index (Phi) is 4.13. The molecule has 108 valence electrons. The molecule has 2 rings (SSSR count). The summed E-state index contributed by atoms with van der Waals surface area (Å²) in [6.45, 7) is -0.570. The number of rotatable bonds is 4. The number of aromatic nitrogens is 1. The molecule has 21 heavy (non-hydrogen) atoms. The zero-order valence-electron chi connectivity index (χ0n) is 10.7. The number of carboxylic acid groups (broad SMARTS) is 1. The predicted molar refractivity (Wildman–Crippen MR) is 71.3 cm³/mol. The maximum absolute atomic E-state index is 12.8. The van der Waals surface area contributed by atoms with Crippen molar-refractivity contribution in [2.45, 2.75) is 0 Å². The summed E-state index contributed by atoms with van der Waals surface area (Å²) in [6, 6.07) is 6.85. The van der Waals surface area contributed by atoms with E-state index in [0.717, 1.165) is 0 Å². The number of hydrogen-bond acceptors (Lipinski definition) is 4. The maximum atomic E-state index is 12.8. The number of carbonyl (C=O) groups is 2. The fourth-order valence-electron chi connectivity index (χ4n) is 1.67. The standard InChI is InChI=1S/C14H11FN2O4/c15-10-3-1-8(2-4-10)9-5-11(18)13(16-6-9)14(21)17-7-12(19)20/h1-6,18H,7H2,(H,17,21)(H,19,20). The SMILES string of the molecule is O=C(O)CNC(=O)c1ncc(-c2ccc(F)cc2)cc1O. The van der Waals surface area contributed by atoms with Crippen LogP contribution in [0.2, 0.25) is 0 Å². The Morgan fingerprint density at radius 2 is 1.86 bits per heavy atom. The molecule has 0 saturated carbocycles. The van der Waals surface area contributed by atoms with Gasteiger partial charge >= 0.3 is 5.97 Å². The molecule has 3 N–H and O–H groups in total. The molecule has 1 heterocycles. The van der Waals surface area contributed by atoms with Crippen molar-refractivity contribution in [3.05, 3.63) is 48.0 Å². The van der Waals surface area contributed by atoms with Gasteiger partial charge in [0.05, 0.1) is 0 Å². The molecule has 1 aromatic heterocycles. The predicted octanol–water partition coefficient (Wildman–Crippen LogP) is 1.41. The van der Waals surface area contributed by atoms with Crippen molar-refractivity contribution < 1.29 is 24.2 Å². The van der Waals surface area contributed by atoms with E-state index < -0.39 is 18.4 Å². The molecular formula is C14H11FN2O4. The minimum Gasteiger partial charge on any atom is -0.505 e. The van der Waals surface area contributed by atoms with Gasteiger partial charge in [-0.3, -0.25) is 9.59 Å². The summed E-state index contributed by atoms with van der Waals surface area (Å²) < 4.78 is 12.8. The monoisotopic (exact) mass is 290 g/mol. The number of nitrogens with one attached hydrogen (secondary N) is 1. The van der Waals surface area contributed by atoms with Crippen molar-refractivity contribution in [3.63, 3.8) is 0 Å². The van der Waals surface area contributed by atoms with Gasteiger partial charge < -0.3 is 15.5 Å². The molecule has 0 aliphatic heterocycles. The average molecular weight is 290 g/mol. The van der Waals surface area contributed by atoms with Gasteiger partial charge in [-0.05, 0) is 23.8 Å².